The number of carboxylic acids is 1. The highest BCUT2D eigenvalue weighted by Crippen LogP contribution is 2.40. The van der Waals surface area contributed by atoms with E-state index in [1.165, 1.54) is 32.5 Å². The van der Waals surface area contributed by atoms with Crippen LogP contribution in [0.15, 0.2) is 0 Å². The Balaban J connectivity index is 1.69. The van der Waals surface area contributed by atoms with E-state index in [1.54, 1.807) is 0 Å². The molecule has 0 aliphatic carbocycles. The van der Waals surface area contributed by atoms with Gasteiger partial charge in [0.1, 0.15) is 0 Å². The van der Waals surface area contributed by atoms with Crippen LogP contribution in [0.4, 0.5) is 0 Å². The zero-order valence-electron chi connectivity index (χ0n) is 12.0. The number of nitrogens with zero attached hydrogens (tertiary/aromatic N) is 2. The van der Waals surface area contributed by atoms with Crippen LogP contribution in [0.25, 0.3) is 0 Å². The van der Waals surface area contributed by atoms with Gasteiger partial charge >= 0.3 is 5.97 Å². The van der Waals surface area contributed by atoms with Crippen molar-refractivity contribution < 1.29 is 9.90 Å². The summed E-state index contributed by atoms with van der Waals surface area (Å²) in [6.45, 7) is 7.60. The van der Waals surface area contributed by atoms with E-state index >= 15 is 0 Å². The highest BCUT2D eigenvalue weighted by molar-refractivity contribution is 5.75. The van der Waals surface area contributed by atoms with Crippen molar-refractivity contribution in [3.05, 3.63) is 0 Å². The number of piperidine rings is 1. The molecule has 4 heteroatoms. The summed E-state index contributed by atoms with van der Waals surface area (Å²) in [6, 6.07) is 0.650. The van der Waals surface area contributed by atoms with E-state index in [0.717, 1.165) is 38.3 Å². The molecule has 3 aliphatic heterocycles. The molecule has 3 rings (SSSR count). The van der Waals surface area contributed by atoms with Crippen LogP contribution in [-0.4, -0.2) is 59.6 Å². The number of aliphatic carboxylic acids is 1. The number of rotatable bonds is 4. The third-order valence-corrected chi connectivity index (χ3v) is 5.63. The van der Waals surface area contributed by atoms with Crippen LogP contribution in [-0.2, 0) is 4.79 Å². The molecule has 4 nitrogen and oxygen atoms in total. The second-order valence-electron chi connectivity index (χ2n) is 6.76. The number of fused-ring (bicyclic) bond motifs is 2. The van der Waals surface area contributed by atoms with Crippen LogP contribution >= 0.6 is 0 Å². The standard InChI is InChI=1S/C15H26N2O2/c1-2-5-15(14(18)19)6-9-17(11-15)13-4-8-16-7-3-12(13)10-16/h12-13H,2-11H2,1H3,(H,18,19). The van der Waals surface area contributed by atoms with Crippen molar-refractivity contribution in [2.75, 3.05) is 32.7 Å². The topological polar surface area (TPSA) is 43.8 Å². The Labute approximate surface area is 115 Å². The fraction of sp³-hybridized carbons (Fsp3) is 0.933. The van der Waals surface area contributed by atoms with Gasteiger partial charge in [0.15, 0.2) is 0 Å². The molecular weight excluding hydrogens is 240 g/mol. The second-order valence-corrected chi connectivity index (χ2v) is 6.76. The maximum atomic E-state index is 11.7. The van der Waals surface area contributed by atoms with E-state index in [9.17, 15) is 9.90 Å². The largest absolute Gasteiger partial charge is 0.481 e. The molecular formula is C15H26N2O2. The van der Waals surface area contributed by atoms with Gasteiger partial charge in [0.2, 0.25) is 0 Å². The zero-order valence-corrected chi connectivity index (χ0v) is 12.0. The van der Waals surface area contributed by atoms with Crippen LogP contribution in [0.2, 0.25) is 0 Å². The minimum atomic E-state index is -0.569. The van der Waals surface area contributed by atoms with E-state index < -0.39 is 11.4 Å². The fourth-order valence-electron chi connectivity index (χ4n) is 4.56. The molecule has 0 amide bonds. The van der Waals surface area contributed by atoms with Gasteiger partial charge in [0.05, 0.1) is 5.41 Å². The van der Waals surface area contributed by atoms with E-state index in [4.69, 9.17) is 0 Å². The van der Waals surface area contributed by atoms with Gasteiger partial charge in [0.25, 0.3) is 0 Å². The van der Waals surface area contributed by atoms with Crippen molar-refractivity contribution in [2.45, 2.75) is 45.1 Å². The molecule has 4 unspecified atom stereocenters. The Morgan fingerprint density at radius 1 is 1.32 bits per heavy atom. The minimum Gasteiger partial charge on any atom is -0.481 e. The predicted molar refractivity (Wildman–Crippen MR) is 74.1 cm³/mol. The summed E-state index contributed by atoms with van der Waals surface area (Å²) in [5, 5.41) is 9.61. The van der Waals surface area contributed by atoms with E-state index in [1.807, 2.05) is 0 Å². The van der Waals surface area contributed by atoms with Crippen molar-refractivity contribution in [1.29, 1.82) is 0 Å². The van der Waals surface area contributed by atoms with Gasteiger partial charge in [-0.15, -0.1) is 0 Å². The molecule has 0 aromatic carbocycles. The van der Waals surface area contributed by atoms with E-state index in [2.05, 4.69) is 16.7 Å². The molecule has 0 saturated carbocycles. The summed E-state index contributed by atoms with van der Waals surface area (Å²) >= 11 is 0. The maximum Gasteiger partial charge on any atom is 0.310 e. The summed E-state index contributed by atoms with van der Waals surface area (Å²) in [4.78, 5) is 16.7. The van der Waals surface area contributed by atoms with Crippen LogP contribution in [0.3, 0.4) is 0 Å². The molecule has 0 aromatic rings. The lowest BCUT2D eigenvalue weighted by Gasteiger charge is -2.37. The Morgan fingerprint density at radius 2 is 2.11 bits per heavy atom. The van der Waals surface area contributed by atoms with Gasteiger partial charge in [-0.3, -0.25) is 9.69 Å². The Morgan fingerprint density at radius 3 is 2.84 bits per heavy atom. The quantitative estimate of drug-likeness (QED) is 0.840. The number of carboxylic acid groups (broad SMARTS) is 1. The lowest BCUT2D eigenvalue weighted by atomic mass is 9.82. The van der Waals surface area contributed by atoms with Crippen molar-refractivity contribution in [2.24, 2.45) is 11.3 Å². The summed E-state index contributed by atoms with van der Waals surface area (Å²) in [5.41, 5.74) is -0.454. The summed E-state index contributed by atoms with van der Waals surface area (Å²) in [7, 11) is 0. The fourth-order valence-corrected chi connectivity index (χ4v) is 4.56. The zero-order chi connectivity index (χ0) is 13.5. The molecule has 4 atom stereocenters. The van der Waals surface area contributed by atoms with E-state index in [0.29, 0.717) is 6.04 Å². The van der Waals surface area contributed by atoms with Gasteiger partial charge in [-0.25, -0.2) is 0 Å². The van der Waals surface area contributed by atoms with Gasteiger partial charge in [0, 0.05) is 19.1 Å². The molecule has 19 heavy (non-hydrogen) atoms. The summed E-state index contributed by atoms with van der Waals surface area (Å²) < 4.78 is 0. The number of carbonyl (C=O) groups is 1. The van der Waals surface area contributed by atoms with Gasteiger partial charge in [-0.05, 0) is 51.2 Å². The van der Waals surface area contributed by atoms with Crippen molar-refractivity contribution >= 4 is 5.97 Å². The summed E-state index contributed by atoms with van der Waals surface area (Å²) in [5.74, 6) is 0.223. The molecule has 3 heterocycles. The monoisotopic (exact) mass is 266 g/mol. The van der Waals surface area contributed by atoms with Gasteiger partial charge in [-0.1, -0.05) is 13.3 Å². The van der Waals surface area contributed by atoms with Crippen LogP contribution in [0.1, 0.15) is 39.0 Å². The normalized spacial score (nSPS) is 42.7. The molecule has 1 N–H and O–H groups in total. The van der Waals surface area contributed by atoms with Crippen LogP contribution in [0, 0.1) is 11.3 Å². The average Bonchev–Trinajstić information content (AvgIpc) is 2.97. The lowest BCUT2D eigenvalue weighted by molar-refractivity contribution is -0.148. The number of hydrogen-bond donors (Lipinski definition) is 1. The molecule has 0 radical (unpaired) electrons. The molecule has 108 valence electrons. The molecule has 0 spiro atoms. The Kier molecular flexibility index (Phi) is 3.56. The van der Waals surface area contributed by atoms with Gasteiger partial charge < -0.3 is 10.0 Å². The van der Waals surface area contributed by atoms with Crippen LogP contribution < -0.4 is 0 Å². The smallest absolute Gasteiger partial charge is 0.310 e. The highest BCUT2D eigenvalue weighted by Gasteiger charge is 2.48. The van der Waals surface area contributed by atoms with Crippen molar-refractivity contribution in [3.63, 3.8) is 0 Å². The first-order valence-corrected chi connectivity index (χ1v) is 7.84. The molecule has 3 saturated heterocycles. The predicted octanol–water partition coefficient (Wildman–Crippen LogP) is 1.66. The van der Waals surface area contributed by atoms with Crippen molar-refractivity contribution in [3.8, 4) is 0 Å². The van der Waals surface area contributed by atoms with Crippen LogP contribution in [0.5, 0.6) is 0 Å². The lowest BCUT2D eigenvalue weighted by Crippen LogP contribution is -2.47. The minimum absolute atomic E-state index is 0.454. The molecule has 3 fully saturated rings. The Bertz CT molecular complexity index is 360. The van der Waals surface area contributed by atoms with Crippen molar-refractivity contribution in [1.82, 2.24) is 9.80 Å². The Hall–Kier alpha value is -0.610. The molecule has 3 aliphatic rings. The first-order valence-electron chi connectivity index (χ1n) is 7.84. The van der Waals surface area contributed by atoms with E-state index in [-0.39, 0.29) is 0 Å². The first kappa shape index (κ1) is 13.4. The second kappa shape index (κ2) is 5.06. The first-order chi connectivity index (χ1) is 9.14. The molecule has 0 aromatic heterocycles. The maximum absolute atomic E-state index is 11.7. The highest BCUT2D eigenvalue weighted by atomic mass is 16.4. The third kappa shape index (κ3) is 2.29. The number of hydrogen-bond acceptors (Lipinski definition) is 3. The SMILES string of the molecule is CCCC1(C(=O)O)CCN(C2CCN3CCC2C3)C1. The average molecular weight is 266 g/mol. The van der Waals surface area contributed by atoms with Gasteiger partial charge in [-0.2, -0.15) is 0 Å². The molecule has 2 bridgehead atoms. The summed E-state index contributed by atoms with van der Waals surface area (Å²) in [6.07, 6.45) is 5.22. The third-order valence-electron chi connectivity index (χ3n) is 5.63. The number of likely N-dealkylation sites (tertiary alicyclic amines) is 1.